The van der Waals surface area contributed by atoms with E-state index in [4.69, 9.17) is 4.42 Å². The predicted octanol–water partition coefficient (Wildman–Crippen LogP) is 17.1. The van der Waals surface area contributed by atoms with E-state index in [1.807, 2.05) is 0 Å². The van der Waals surface area contributed by atoms with Crippen molar-refractivity contribution in [2.75, 3.05) is 4.90 Å². The Bertz CT molecular complexity index is 3910. The van der Waals surface area contributed by atoms with E-state index in [1.165, 1.54) is 99.6 Å². The molecule has 3 heteroatoms. The first kappa shape index (κ1) is 37.7. The summed E-state index contributed by atoms with van der Waals surface area (Å²) in [6.45, 7) is 14.3. The highest BCUT2D eigenvalue weighted by Gasteiger charge is 2.43. The van der Waals surface area contributed by atoms with E-state index >= 15 is 0 Å². The second-order valence-electron chi connectivity index (χ2n) is 20.5. The van der Waals surface area contributed by atoms with Gasteiger partial charge in [0, 0.05) is 55.0 Å². The molecule has 3 aliphatic rings. The molecular weight excluding hydrogens is 801 g/mol. The number of furan rings is 1. The van der Waals surface area contributed by atoms with Crippen LogP contribution in [0, 0.1) is 0 Å². The van der Waals surface area contributed by atoms with Crippen molar-refractivity contribution in [3.8, 4) is 39.2 Å². The van der Waals surface area contributed by atoms with Gasteiger partial charge in [-0.25, -0.2) is 0 Å². The molecule has 0 atom stereocenters. The number of fused-ring (bicyclic) bond motifs is 17. The lowest BCUT2D eigenvalue weighted by atomic mass is 9.81. The van der Waals surface area contributed by atoms with Crippen molar-refractivity contribution in [3.63, 3.8) is 0 Å². The number of hydrogen-bond acceptors (Lipinski definition) is 2. The summed E-state index contributed by atoms with van der Waals surface area (Å²) < 4.78 is 9.65. The van der Waals surface area contributed by atoms with Gasteiger partial charge in [0.2, 0.25) is 0 Å². The van der Waals surface area contributed by atoms with Gasteiger partial charge in [-0.2, -0.15) is 0 Å². The van der Waals surface area contributed by atoms with Crippen LogP contribution in [0.5, 0.6) is 0 Å². The van der Waals surface area contributed by atoms with Crippen molar-refractivity contribution >= 4 is 60.7 Å². The molecule has 0 aliphatic heterocycles. The highest BCUT2D eigenvalue weighted by Crippen LogP contribution is 2.59. The van der Waals surface area contributed by atoms with Gasteiger partial charge in [0.05, 0.1) is 16.9 Å². The average molecular weight is 849 g/mol. The molecule has 11 aromatic rings. The van der Waals surface area contributed by atoms with Gasteiger partial charge in [0.25, 0.3) is 0 Å². The zero-order valence-corrected chi connectivity index (χ0v) is 38.1. The molecule has 0 saturated carbocycles. The van der Waals surface area contributed by atoms with E-state index < -0.39 is 0 Å². The smallest absolute Gasteiger partial charge is 0.160 e. The van der Waals surface area contributed by atoms with E-state index in [9.17, 15) is 0 Å². The molecule has 0 amide bonds. The van der Waals surface area contributed by atoms with Crippen molar-refractivity contribution < 1.29 is 4.42 Å². The third-order valence-electron chi connectivity index (χ3n) is 15.9. The van der Waals surface area contributed by atoms with E-state index in [0.717, 1.165) is 33.6 Å². The third-order valence-corrected chi connectivity index (χ3v) is 15.9. The normalized spacial score (nSPS) is 15.5. The Kier molecular flexibility index (Phi) is 7.32. The van der Waals surface area contributed by atoms with E-state index in [0.29, 0.717) is 0 Å². The van der Waals surface area contributed by atoms with Gasteiger partial charge in [0.1, 0.15) is 5.58 Å². The summed E-state index contributed by atoms with van der Waals surface area (Å²) in [6.07, 6.45) is 0. The summed E-state index contributed by atoms with van der Waals surface area (Å²) in [5.74, 6) is 0. The van der Waals surface area contributed by atoms with Gasteiger partial charge in [0.15, 0.2) is 5.58 Å². The molecule has 0 saturated heterocycles. The maximum Gasteiger partial charge on any atom is 0.160 e. The highest BCUT2D eigenvalue weighted by molar-refractivity contribution is 6.20. The molecule has 3 aliphatic carbocycles. The standard InChI is InChI=1S/C63H48N2O/c1-61(2)47-24-14-10-20-42(47)43-32-30-40(35-50(43)61)64(53-36-51-55(44-21-11-15-25-48(44)62(51,3)4)57-46-23-13-17-27-54(46)66-60(53)57)39-29-31-41-37(34-39)28-33-52-56(41)58-59(65(52)38-18-8-7-9-19-38)45-22-12-16-26-49(45)63(58,5)6/h7-36H,1-6H3. The molecule has 316 valence electrons. The SMILES string of the molecule is CC1(C)c2ccccc2-c2ccc(N(c3ccc4c(ccc5c4c4c(n5-c5ccccc5)-c5ccccc5C4(C)C)c3)c3cc4c(c5c3oc3ccccc35)-c3ccccc3C4(C)C)cc21. The number of para-hydroxylation sites is 2. The van der Waals surface area contributed by atoms with Crippen molar-refractivity contribution in [1.29, 1.82) is 0 Å². The topological polar surface area (TPSA) is 21.3 Å². The quantitative estimate of drug-likeness (QED) is 0.176. The Morgan fingerprint density at radius 2 is 1.05 bits per heavy atom. The molecule has 2 heterocycles. The fourth-order valence-electron chi connectivity index (χ4n) is 12.8. The second-order valence-corrected chi connectivity index (χ2v) is 20.5. The van der Waals surface area contributed by atoms with Gasteiger partial charge in [-0.3, -0.25) is 0 Å². The van der Waals surface area contributed by atoms with Gasteiger partial charge >= 0.3 is 0 Å². The van der Waals surface area contributed by atoms with Crippen LogP contribution in [0.2, 0.25) is 0 Å². The molecule has 0 spiro atoms. The average Bonchev–Trinajstić information content (AvgIpc) is 4.08. The fourth-order valence-corrected chi connectivity index (χ4v) is 12.8. The molecule has 0 unspecified atom stereocenters. The molecular formula is C63H48N2O. The van der Waals surface area contributed by atoms with Crippen molar-refractivity contribution in [2.45, 2.75) is 57.8 Å². The summed E-state index contributed by atoms with van der Waals surface area (Å²) >= 11 is 0. The van der Waals surface area contributed by atoms with Gasteiger partial charge < -0.3 is 13.9 Å². The molecule has 66 heavy (non-hydrogen) atoms. The minimum atomic E-state index is -0.230. The lowest BCUT2D eigenvalue weighted by molar-refractivity contribution is 0.656. The monoisotopic (exact) mass is 848 g/mol. The van der Waals surface area contributed by atoms with Gasteiger partial charge in [-0.15, -0.1) is 0 Å². The first-order valence-electron chi connectivity index (χ1n) is 23.4. The Morgan fingerprint density at radius 1 is 0.439 bits per heavy atom. The molecule has 9 aromatic carbocycles. The van der Waals surface area contributed by atoms with Crippen LogP contribution in [0.3, 0.4) is 0 Å². The Morgan fingerprint density at radius 3 is 1.83 bits per heavy atom. The van der Waals surface area contributed by atoms with E-state index in [1.54, 1.807) is 0 Å². The lowest BCUT2D eigenvalue weighted by Crippen LogP contribution is -2.18. The number of benzene rings is 9. The minimum Gasteiger partial charge on any atom is -0.454 e. The van der Waals surface area contributed by atoms with Crippen LogP contribution in [0.1, 0.15) is 74.9 Å². The van der Waals surface area contributed by atoms with Crippen LogP contribution in [-0.4, -0.2) is 4.57 Å². The number of hydrogen-bond donors (Lipinski definition) is 0. The van der Waals surface area contributed by atoms with Crippen molar-refractivity contribution in [3.05, 3.63) is 215 Å². The van der Waals surface area contributed by atoms with Crippen LogP contribution in [0.15, 0.2) is 186 Å². The van der Waals surface area contributed by atoms with Gasteiger partial charge in [-0.1, -0.05) is 169 Å². The molecule has 14 rings (SSSR count). The summed E-state index contributed by atoms with van der Waals surface area (Å²) in [5, 5.41) is 6.10. The maximum atomic E-state index is 7.15. The molecule has 0 radical (unpaired) electrons. The highest BCUT2D eigenvalue weighted by atomic mass is 16.3. The molecule has 3 nitrogen and oxygen atoms in total. The number of rotatable bonds is 4. The van der Waals surface area contributed by atoms with Crippen LogP contribution >= 0.6 is 0 Å². The van der Waals surface area contributed by atoms with E-state index in [2.05, 4.69) is 233 Å². The number of anilines is 3. The summed E-state index contributed by atoms with van der Waals surface area (Å²) in [4.78, 5) is 2.49. The number of aromatic nitrogens is 1. The zero-order valence-electron chi connectivity index (χ0n) is 38.1. The zero-order chi connectivity index (χ0) is 44.4. The van der Waals surface area contributed by atoms with Gasteiger partial charge in [-0.05, 0) is 121 Å². The summed E-state index contributed by atoms with van der Waals surface area (Å²) in [5.41, 5.74) is 22.8. The second kappa shape index (κ2) is 12.8. The van der Waals surface area contributed by atoms with Crippen LogP contribution in [0.4, 0.5) is 17.1 Å². The predicted molar refractivity (Wildman–Crippen MR) is 275 cm³/mol. The lowest BCUT2D eigenvalue weighted by Gasteiger charge is -2.30. The Balaban J connectivity index is 1.07. The molecule has 0 fully saturated rings. The third kappa shape index (κ3) is 4.72. The molecule has 0 bridgehead atoms. The van der Waals surface area contributed by atoms with E-state index in [-0.39, 0.29) is 16.2 Å². The fraction of sp³-hybridized carbons (Fsp3) is 0.143. The number of nitrogens with zero attached hydrogens (tertiary/aromatic N) is 2. The first-order valence-corrected chi connectivity index (χ1v) is 23.4. The largest absolute Gasteiger partial charge is 0.454 e. The summed E-state index contributed by atoms with van der Waals surface area (Å²) in [6, 6.07) is 67.9. The Labute approximate surface area is 385 Å². The first-order chi connectivity index (χ1) is 32.0. The van der Waals surface area contributed by atoms with Crippen LogP contribution < -0.4 is 4.90 Å². The minimum absolute atomic E-state index is 0.171. The van der Waals surface area contributed by atoms with Crippen molar-refractivity contribution in [2.24, 2.45) is 0 Å². The maximum absolute atomic E-state index is 7.15. The summed E-state index contributed by atoms with van der Waals surface area (Å²) in [7, 11) is 0. The molecule has 0 N–H and O–H groups in total. The van der Waals surface area contributed by atoms with Crippen LogP contribution in [0.25, 0.3) is 82.8 Å². The Hall–Kier alpha value is -7.62. The molecule has 2 aromatic heterocycles. The van der Waals surface area contributed by atoms with Crippen molar-refractivity contribution in [1.82, 2.24) is 4.57 Å². The van der Waals surface area contributed by atoms with Crippen LogP contribution in [-0.2, 0) is 16.2 Å².